The summed E-state index contributed by atoms with van der Waals surface area (Å²) in [5.41, 5.74) is 9.99. The topological polar surface area (TPSA) is 70.6 Å². The van der Waals surface area contributed by atoms with E-state index in [1.54, 1.807) is 6.07 Å². The van der Waals surface area contributed by atoms with Gasteiger partial charge in [0, 0.05) is 38.2 Å². The van der Waals surface area contributed by atoms with E-state index >= 15 is 0 Å². The molecule has 5 nitrogen and oxygen atoms in total. The zero-order valence-electron chi connectivity index (χ0n) is 26.1. The molecular weight excluding hydrogens is 601 g/mol. The molecule has 5 heteroatoms. The quantitative estimate of drug-likeness (QED) is 0.196. The van der Waals surface area contributed by atoms with Crippen molar-refractivity contribution >= 4 is 65.6 Å². The monoisotopic (exact) mass is 624 g/mol. The third-order valence-electron chi connectivity index (χ3n) is 9.79. The highest BCUT2D eigenvalue weighted by molar-refractivity contribution is 6.24. The molecule has 0 fully saturated rings. The number of nitrogens with zero attached hydrogens (tertiary/aromatic N) is 4. The second-order valence-corrected chi connectivity index (χ2v) is 12.3. The molecule has 3 heterocycles. The molecule has 0 bridgehead atoms. The second kappa shape index (κ2) is 10.2. The van der Waals surface area contributed by atoms with E-state index in [0.29, 0.717) is 16.8 Å². The van der Waals surface area contributed by atoms with Crippen LogP contribution in [0.5, 0.6) is 0 Å². The van der Waals surface area contributed by atoms with Crippen molar-refractivity contribution in [3.8, 4) is 34.6 Å². The molecule has 0 unspecified atom stereocenters. The third-order valence-corrected chi connectivity index (χ3v) is 9.79. The summed E-state index contributed by atoms with van der Waals surface area (Å²) in [7, 11) is 0. The number of aromatic nitrogens is 2. The van der Waals surface area contributed by atoms with Crippen molar-refractivity contribution in [2.45, 2.75) is 0 Å². The highest BCUT2D eigenvalue weighted by Gasteiger charge is 2.22. The van der Waals surface area contributed by atoms with E-state index in [1.807, 2.05) is 48.5 Å². The van der Waals surface area contributed by atoms with Crippen LogP contribution in [-0.4, -0.2) is 9.13 Å². The molecule has 0 aliphatic carbocycles. The largest absolute Gasteiger partial charge is 0.455 e. The first-order valence-corrected chi connectivity index (χ1v) is 16.1. The molecule has 0 radical (unpaired) electrons. The molecule has 0 spiro atoms. The molecule has 0 amide bonds. The van der Waals surface area contributed by atoms with Gasteiger partial charge in [0.25, 0.3) is 0 Å². The van der Waals surface area contributed by atoms with E-state index in [9.17, 15) is 10.5 Å². The molecule has 0 aliphatic heterocycles. The summed E-state index contributed by atoms with van der Waals surface area (Å²) < 4.78 is 10.9. The van der Waals surface area contributed by atoms with Gasteiger partial charge in [-0.3, -0.25) is 0 Å². The molecule has 0 atom stereocenters. The second-order valence-electron chi connectivity index (χ2n) is 12.3. The van der Waals surface area contributed by atoms with Crippen molar-refractivity contribution < 1.29 is 4.42 Å². The molecule has 0 N–H and O–H groups in total. The van der Waals surface area contributed by atoms with Crippen LogP contribution in [0.15, 0.2) is 150 Å². The number of nitriles is 2. The summed E-state index contributed by atoms with van der Waals surface area (Å²) in [5, 5.41) is 27.4. The van der Waals surface area contributed by atoms with Crippen molar-refractivity contribution in [2.24, 2.45) is 0 Å². The van der Waals surface area contributed by atoms with Crippen LogP contribution < -0.4 is 0 Å². The fourth-order valence-corrected chi connectivity index (χ4v) is 7.70. The Bertz CT molecular complexity index is 3030. The number of furan rings is 1. The first kappa shape index (κ1) is 27.1. The van der Waals surface area contributed by atoms with Gasteiger partial charge in [0.05, 0.1) is 50.3 Å². The maximum atomic E-state index is 10.5. The van der Waals surface area contributed by atoms with Crippen LogP contribution in [0.2, 0.25) is 0 Å². The van der Waals surface area contributed by atoms with Crippen molar-refractivity contribution in [1.29, 1.82) is 10.5 Å². The predicted octanol–water partition coefficient (Wildman–Crippen LogP) is 11.2. The van der Waals surface area contributed by atoms with Crippen LogP contribution in [0, 0.1) is 22.7 Å². The van der Waals surface area contributed by atoms with Gasteiger partial charge < -0.3 is 13.6 Å². The lowest BCUT2D eigenvalue weighted by Gasteiger charge is -2.15. The number of rotatable bonds is 3. The lowest BCUT2D eigenvalue weighted by atomic mass is 9.96. The zero-order chi connectivity index (χ0) is 32.6. The summed E-state index contributed by atoms with van der Waals surface area (Å²) in [4.78, 5) is 0. The number of hydrogen-bond acceptors (Lipinski definition) is 3. The highest BCUT2D eigenvalue weighted by Crippen LogP contribution is 2.42. The standard InChI is InChI=1S/C44H24N4O/c45-25-28-22-29(26-46)41(48-39-18-7-3-15-35(39)43-40(48)21-20-34-33-14-4-8-19-42(33)49-44(34)43)24-36(28)27-10-9-11-30(23-27)47-37-16-5-1-12-31(37)32-13-2-6-17-38(32)47/h1-24H. The molecule has 7 aromatic carbocycles. The Morgan fingerprint density at radius 3 is 1.82 bits per heavy atom. The lowest BCUT2D eigenvalue weighted by molar-refractivity contribution is 0.673. The summed E-state index contributed by atoms with van der Waals surface area (Å²) in [5.74, 6) is 0. The molecular formula is C44H24N4O. The van der Waals surface area contributed by atoms with E-state index in [4.69, 9.17) is 4.42 Å². The molecule has 10 rings (SSSR count). The molecule has 49 heavy (non-hydrogen) atoms. The van der Waals surface area contributed by atoms with E-state index in [0.717, 1.165) is 71.6 Å². The van der Waals surface area contributed by atoms with E-state index < -0.39 is 0 Å². The molecule has 10 aromatic rings. The first-order valence-electron chi connectivity index (χ1n) is 16.1. The van der Waals surface area contributed by atoms with Gasteiger partial charge >= 0.3 is 0 Å². The van der Waals surface area contributed by atoms with Crippen LogP contribution in [0.25, 0.3) is 88.1 Å². The molecule has 0 saturated heterocycles. The summed E-state index contributed by atoms with van der Waals surface area (Å²) in [6, 6.07) is 54.2. The van der Waals surface area contributed by atoms with Gasteiger partial charge in [0.15, 0.2) is 0 Å². The maximum absolute atomic E-state index is 10.5. The Kier molecular flexibility index (Phi) is 5.64. The van der Waals surface area contributed by atoms with Gasteiger partial charge in [-0.1, -0.05) is 84.9 Å². The van der Waals surface area contributed by atoms with Gasteiger partial charge in [-0.25, -0.2) is 0 Å². The fraction of sp³-hybridized carbons (Fsp3) is 0. The summed E-state index contributed by atoms with van der Waals surface area (Å²) in [6.07, 6.45) is 0. The Balaban J connectivity index is 1.24. The SMILES string of the molecule is N#Cc1cc(C#N)c(-n2c3ccccc3c3c4oc5ccccc5c4ccc32)cc1-c1cccc(-n2c3ccccc3c3ccccc32)c1. The average Bonchev–Trinajstić information content (AvgIpc) is 3.82. The Morgan fingerprint density at radius 1 is 0.469 bits per heavy atom. The van der Waals surface area contributed by atoms with E-state index in [-0.39, 0.29) is 0 Å². The van der Waals surface area contributed by atoms with Crippen LogP contribution in [0.4, 0.5) is 0 Å². The minimum atomic E-state index is 0.422. The number of benzene rings is 7. The Hall–Kier alpha value is -7.08. The normalized spacial score (nSPS) is 11.6. The van der Waals surface area contributed by atoms with Crippen molar-refractivity contribution in [1.82, 2.24) is 9.13 Å². The Morgan fingerprint density at radius 2 is 1.10 bits per heavy atom. The van der Waals surface area contributed by atoms with Crippen LogP contribution in [0.3, 0.4) is 0 Å². The van der Waals surface area contributed by atoms with E-state index in [2.05, 4.69) is 112 Å². The summed E-state index contributed by atoms with van der Waals surface area (Å²) in [6.45, 7) is 0. The fourth-order valence-electron chi connectivity index (χ4n) is 7.70. The number of hydrogen-bond donors (Lipinski definition) is 0. The minimum absolute atomic E-state index is 0.422. The molecule has 3 aromatic heterocycles. The average molecular weight is 625 g/mol. The first-order chi connectivity index (χ1) is 24.2. The van der Waals surface area contributed by atoms with Gasteiger partial charge in [-0.2, -0.15) is 10.5 Å². The molecule has 0 saturated carbocycles. The van der Waals surface area contributed by atoms with E-state index in [1.165, 1.54) is 10.8 Å². The van der Waals surface area contributed by atoms with Crippen LogP contribution >= 0.6 is 0 Å². The third kappa shape index (κ3) is 3.79. The smallest absolute Gasteiger partial charge is 0.145 e. The predicted molar refractivity (Wildman–Crippen MR) is 197 cm³/mol. The molecule has 0 aliphatic rings. The number of fused-ring (bicyclic) bond motifs is 10. The van der Waals surface area contributed by atoms with Crippen molar-refractivity contribution in [3.63, 3.8) is 0 Å². The van der Waals surface area contributed by atoms with Crippen molar-refractivity contribution in [3.05, 3.63) is 157 Å². The minimum Gasteiger partial charge on any atom is -0.455 e. The zero-order valence-corrected chi connectivity index (χ0v) is 26.1. The lowest BCUT2D eigenvalue weighted by Crippen LogP contribution is -2.01. The Labute approximate surface area is 280 Å². The van der Waals surface area contributed by atoms with Crippen LogP contribution in [0.1, 0.15) is 11.1 Å². The summed E-state index contributed by atoms with van der Waals surface area (Å²) >= 11 is 0. The van der Waals surface area contributed by atoms with Gasteiger partial charge in [0.2, 0.25) is 0 Å². The molecule has 226 valence electrons. The number of para-hydroxylation sites is 4. The van der Waals surface area contributed by atoms with Crippen molar-refractivity contribution in [2.75, 3.05) is 0 Å². The van der Waals surface area contributed by atoms with Gasteiger partial charge in [-0.15, -0.1) is 0 Å². The maximum Gasteiger partial charge on any atom is 0.145 e. The van der Waals surface area contributed by atoms with Gasteiger partial charge in [0.1, 0.15) is 17.2 Å². The van der Waals surface area contributed by atoms with Gasteiger partial charge in [-0.05, 0) is 66.2 Å². The highest BCUT2D eigenvalue weighted by atomic mass is 16.3. The van der Waals surface area contributed by atoms with Crippen LogP contribution in [-0.2, 0) is 0 Å².